The van der Waals surface area contributed by atoms with Crippen LogP contribution >= 0.6 is 0 Å². The Bertz CT molecular complexity index is 655. The minimum absolute atomic E-state index is 0.0570. The molecule has 2 amide bonds. The number of hydrogen-bond donors (Lipinski definition) is 2. The summed E-state index contributed by atoms with van der Waals surface area (Å²) in [6, 6.07) is 7.78. The van der Waals surface area contributed by atoms with Crippen molar-refractivity contribution in [2.24, 2.45) is 11.7 Å². The first-order valence-corrected chi connectivity index (χ1v) is 10.6. The van der Waals surface area contributed by atoms with E-state index in [-0.39, 0.29) is 23.9 Å². The van der Waals surface area contributed by atoms with E-state index in [2.05, 4.69) is 15.0 Å². The molecule has 2 fully saturated rings. The molecule has 0 bridgehead atoms. The number of nitrogens with one attached hydrogen (secondary N) is 1. The molecule has 3 rings (SSSR count). The average Bonchev–Trinajstić information content (AvgIpc) is 2.74. The highest BCUT2D eigenvalue weighted by atomic mass is 16.5. The van der Waals surface area contributed by atoms with E-state index < -0.39 is 6.09 Å². The van der Waals surface area contributed by atoms with Gasteiger partial charge in [-0.3, -0.25) is 10.1 Å². The van der Waals surface area contributed by atoms with Crippen LogP contribution in [0.2, 0.25) is 0 Å². The summed E-state index contributed by atoms with van der Waals surface area (Å²) in [5.74, 6) is 0.418. The number of carbonyl (C=O) groups excluding carboxylic acids is 2. The van der Waals surface area contributed by atoms with Crippen molar-refractivity contribution in [2.45, 2.75) is 76.4 Å². The summed E-state index contributed by atoms with van der Waals surface area (Å²) in [5.41, 5.74) is 8.17. The van der Waals surface area contributed by atoms with E-state index in [0.29, 0.717) is 12.2 Å². The number of hydrogen-bond acceptors (Lipinski definition) is 4. The topological polar surface area (TPSA) is 84.7 Å². The van der Waals surface area contributed by atoms with E-state index in [0.717, 1.165) is 56.9 Å². The second-order valence-electron chi connectivity index (χ2n) is 8.13. The normalized spacial score (nSPS) is 23.1. The molecule has 1 aromatic rings. The lowest BCUT2D eigenvalue weighted by Crippen LogP contribution is -2.53. The summed E-state index contributed by atoms with van der Waals surface area (Å²) in [5, 5.41) is 2.66. The fourth-order valence-electron chi connectivity index (χ4n) is 4.53. The quantitative estimate of drug-likeness (QED) is 0.798. The monoisotopic (exact) mass is 387 g/mol. The molecule has 1 aromatic carbocycles. The van der Waals surface area contributed by atoms with Gasteiger partial charge in [-0.05, 0) is 43.4 Å². The molecule has 6 heteroatoms. The number of nitrogens with two attached hydrogens (primary N) is 1. The third kappa shape index (κ3) is 5.25. The molecule has 6 nitrogen and oxygen atoms in total. The average molecular weight is 388 g/mol. The van der Waals surface area contributed by atoms with Crippen LogP contribution in [0.25, 0.3) is 0 Å². The first-order chi connectivity index (χ1) is 13.6. The van der Waals surface area contributed by atoms with Crippen LogP contribution in [-0.2, 0) is 16.1 Å². The van der Waals surface area contributed by atoms with Crippen molar-refractivity contribution in [1.29, 1.82) is 0 Å². The predicted molar refractivity (Wildman–Crippen MR) is 110 cm³/mol. The van der Waals surface area contributed by atoms with Crippen LogP contribution in [0.5, 0.6) is 0 Å². The van der Waals surface area contributed by atoms with Gasteiger partial charge < -0.3 is 15.4 Å². The van der Waals surface area contributed by atoms with Crippen molar-refractivity contribution in [3.05, 3.63) is 29.8 Å². The third-order valence-electron chi connectivity index (χ3n) is 6.16. The Morgan fingerprint density at radius 3 is 2.32 bits per heavy atom. The van der Waals surface area contributed by atoms with Crippen molar-refractivity contribution >= 4 is 17.7 Å². The number of carbonyl (C=O) groups is 2. The molecule has 0 saturated heterocycles. The van der Waals surface area contributed by atoms with Crippen molar-refractivity contribution in [3.63, 3.8) is 0 Å². The number of rotatable bonds is 5. The lowest BCUT2D eigenvalue weighted by Gasteiger charge is -2.40. The van der Waals surface area contributed by atoms with E-state index in [1.54, 1.807) is 0 Å². The zero-order valence-corrected chi connectivity index (χ0v) is 16.9. The van der Waals surface area contributed by atoms with Gasteiger partial charge in [0.2, 0.25) is 5.91 Å². The predicted octanol–water partition coefficient (Wildman–Crippen LogP) is 4.04. The number of ether oxygens (including phenoxy) is 1. The first-order valence-electron chi connectivity index (χ1n) is 10.6. The summed E-state index contributed by atoms with van der Waals surface area (Å²) in [6.45, 7) is 0.576. The molecule has 0 aliphatic heterocycles. The van der Waals surface area contributed by atoms with Crippen molar-refractivity contribution in [3.8, 4) is 0 Å². The zero-order valence-electron chi connectivity index (χ0n) is 16.9. The third-order valence-corrected chi connectivity index (χ3v) is 6.16. The molecule has 2 aliphatic rings. The summed E-state index contributed by atoms with van der Waals surface area (Å²) >= 11 is 0. The van der Waals surface area contributed by atoms with Gasteiger partial charge in [0.1, 0.15) is 0 Å². The van der Waals surface area contributed by atoms with Crippen LogP contribution in [0.1, 0.15) is 63.4 Å². The van der Waals surface area contributed by atoms with E-state index in [4.69, 9.17) is 5.73 Å². The minimum Gasteiger partial charge on any atom is -0.453 e. The number of benzene rings is 1. The highest BCUT2D eigenvalue weighted by Gasteiger charge is 2.34. The molecule has 0 aromatic heterocycles. The Labute approximate surface area is 167 Å². The molecular weight excluding hydrogens is 354 g/mol. The van der Waals surface area contributed by atoms with Gasteiger partial charge in [-0.25, -0.2) is 4.79 Å². The number of methoxy groups -OCH3 is 1. The summed E-state index contributed by atoms with van der Waals surface area (Å²) in [4.78, 5) is 26.8. The molecule has 0 heterocycles. The smallest absolute Gasteiger partial charge is 0.411 e. The van der Waals surface area contributed by atoms with Crippen LogP contribution in [0.15, 0.2) is 24.3 Å². The summed E-state index contributed by atoms with van der Waals surface area (Å²) in [6.07, 6.45) is 9.30. The molecular formula is C22H33N3O3. The summed E-state index contributed by atoms with van der Waals surface area (Å²) in [7, 11) is 1.34. The fraction of sp³-hybridized carbons (Fsp3) is 0.636. The highest BCUT2D eigenvalue weighted by molar-refractivity contribution is 5.84. The van der Waals surface area contributed by atoms with Gasteiger partial charge in [0, 0.05) is 30.2 Å². The maximum atomic E-state index is 13.4. The molecule has 2 atom stereocenters. The van der Waals surface area contributed by atoms with Gasteiger partial charge >= 0.3 is 6.09 Å². The number of amides is 2. The highest BCUT2D eigenvalue weighted by Crippen LogP contribution is 2.30. The van der Waals surface area contributed by atoms with Crippen LogP contribution in [0.3, 0.4) is 0 Å². The second kappa shape index (κ2) is 9.92. The molecule has 3 N–H and O–H groups in total. The van der Waals surface area contributed by atoms with Crippen molar-refractivity contribution in [1.82, 2.24) is 4.90 Å². The Morgan fingerprint density at radius 1 is 1.04 bits per heavy atom. The minimum atomic E-state index is -0.491. The Morgan fingerprint density at radius 2 is 1.68 bits per heavy atom. The van der Waals surface area contributed by atoms with Gasteiger partial charge in [0.25, 0.3) is 0 Å². The maximum absolute atomic E-state index is 13.4. The van der Waals surface area contributed by atoms with Crippen molar-refractivity contribution < 1.29 is 14.3 Å². The zero-order chi connectivity index (χ0) is 19.9. The molecule has 154 valence electrons. The first kappa shape index (κ1) is 20.6. The van der Waals surface area contributed by atoms with E-state index in [9.17, 15) is 9.59 Å². The van der Waals surface area contributed by atoms with Gasteiger partial charge in [-0.15, -0.1) is 0 Å². The van der Waals surface area contributed by atoms with Crippen LogP contribution in [-0.4, -0.2) is 36.1 Å². The molecule has 2 unspecified atom stereocenters. The van der Waals surface area contributed by atoms with Gasteiger partial charge in [-0.1, -0.05) is 44.2 Å². The van der Waals surface area contributed by atoms with Crippen LogP contribution in [0, 0.1) is 5.92 Å². The van der Waals surface area contributed by atoms with Gasteiger partial charge in [0.15, 0.2) is 0 Å². The van der Waals surface area contributed by atoms with E-state index in [1.165, 1.54) is 13.5 Å². The molecule has 0 spiro atoms. The van der Waals surface area contributed by atoms with Crippen molar-refractivity contribution in [2.75, 3.05) is 12.4 Å². The Hall–Kier alpha value is -2.08. The van der Waals surface area contributed by atoms with Crippen LogP contribution < -0.4 is 11.1 Å². The largest absolute Gasteiger partial charge is 0.453 e. The molecule has 28 heavy (non-hydrogen) atoms. The van der Waals surface area contributed by atoms with Gasteiger partial charge in [0.05, 0.1) is 7.11 Å². The molecule has 0 radical (unpaired) electrons. The van der Waals surface area contributed by atoms with Crippen LogP contribution in [0.4, 0.5) is 10.5 Å². The molecule has 2 saturated carbocycles. The lowest BCUT2D eigenvalue weighted by atomic mass is 9.85. The van der Waals surface area contributed by atoms with Gasteiger partial charge in [-0.2, -0.15) is 0 Å². The number of anilines is 1. The SMILES string of the molecule is COC(=O)Nc1ccc(CN(C(=O)C2CCCCC2)C2CCCCC2N)cc1. The summed E-state index contributed by atoms with van der Waals surface area (Å²) < 4.78 is 4.62. The maximum Gasteiger partial charge on any atom is 0.411 e. The van der Waals surface area contributed by atoms with E-state index in [1.807, 2.05) is 24.3 Å². The number of nitrogens with zero attached hydrogens (tertiary/aromatic N) is 1. The Balaban J connectivity index is 1.74. The molecule has 2 aliphatic carbocycles. The second-order valence-corrected chi connectivity index (χ2v) is 8.13. The van der Waals surface area contributed by atoms with E-state index >= 15 is 0 Å². The fourth-order valence-corrected chi connectivity index (χ4v) is 4.53. The lowest BCUT2D eigenvalue weighted by molar-refractivity contribution is -0.141. The standard InChI is InChI=1S/C22H33N3O3/c1-28-22(27)24-18-13-11-16(12-14-18)15-25(20-10-6-5-9-19(20)23)21(26)17-7-3-2-4-8-17/h11-14,17,19-20H,2-10,15,23H2,1H3,(H,24,27). The Kier molecular flexibility index (Phi) is 7.31.